The van der Waals surface area contributed by atoms with Crippen LogP contribution in [0.15, 0.2) is 78.9 Å². The standard InChI is InChI=1S/C26H26N2O8/c1-2-34-25(30)24(29)23(27-26(31)36-17-19-11-7-4-8-12-19)21-15-20(13-14-22(21)28(32)33)35-16-18-9-5-3-6-10-18/h3-15,23-24,29H,2,16-17H2,1H3,(H,27,31)/t23-,24-/m0/s1. The minimum Gasteiger partial charge on any atom is -0.489 e. The maximum atomic E-state index is 12.6. The van der Waals surface area contributed by atoms with Gasteiger partial charge in [-0.1, -0.05) is 60.7 Å². The molecule has 3 rings (SSSR count). The fraction of sp³-hybridized carbons (Fsp3) is 0.231. The van der Waals surface area contributed by atoms with Crippen LogP contribution in [-0.2, 0) is 27.5 Å². The second-order valence-corrected chi connectivity index (χ2v) is 7.63. The van der Waals surface area contributed by atoms with Crippen molar-refractivity contribution in [3.8, 4) is 5.75 Å². The Hall–Kier alpha value is -4.44. The van der Waals surface area contributed by atoms with Crippen LogP contribution in [0.4, 0.5) is 10.5 Å². The SMILES string of the molecule is CCOC(=O)[C@@H](O)[C@@H](NC(=O)OCc1ccccc1)c1cc(OCc2ccccc2)ccc1[N+](=O)[O-]. The molecular weight excluding hydrogens is 468 g/mol. The molecule has 0 radical (unpaired) electrons. The molecule has 10 nitrogen and oxygen atoms in total. The van der Waals surface area contributed by atoms with Gasteiger partial charge in [-0.25, -0.2) is 9.59 Å². The molecule has 10 heteroatoms. The van der Waals surface area contributed by atoms with Crippen LogP contribution < -0.4 is 10.1 Å². The van der Waals surface area contributed by atoms with Crippen molar-refractivity contribution in [3.05, 3.63) is 106 Å². The Labute approximate surface area is 207 Å². The van der Waals surface area contributed by atoms with E-state index in [1.165, 1.54) is 18.2 Å². The highest BCUT2D eigenvalue weighted by atomic mass is 16.6. The van der Waals surface area contributed by atoms with E-state index in [9.17, 15) is 24.8 Å². The first-order valence-electron chi connectivity index (χ1n) is 11.2. The third kappa shape index (κ3) is 7.28. The van der Waals surface area contributed by atoms with E-state index in [1.807, 2.05) is 30.3 Å². The van der Waals surface area contributed by atoms with E-state index < -0.39 is 34.8 Å². The topological polar surface area (TPSA) is 137 Å². The Balaban J connectivity index is 1.87. The van der Waals surface area contributed by atoms with E-state index in [-0.39, 0.29) is 31.1 Å². The summed E-state index contributed by atoms with van der Waals surface area (Å²) < 4.78 is 15.8. The minimum atomic E-state index is -1.95. The van der Waals surface area contributed by atoms with E-state index in [0.717, 1.165) is 5.56 Å². The number of carbonyl (C=O) groups excluding carboxylic acids is 2. The Bertz CT molecular complexity index is 1170. The quantitative estimate of drug-likeness (QED) is 0.231. The third-order valence-corrected chi connectivity index (χ3v) is 5.11. The zero-order valence-corrected chi connectivity index (χ0v) is 19.5. The molecular formula is C26H26N2O8. The molecule has 0 heterocycles. The lowest BCUT2D eigenvalue weighted by Gasteiger charge is -2.23. The van der Waals surface area contributed by atoms with Crippen molar-refractivity contribution >= 4 is 17.7 Å². The van der Waals surface area contributed by atoms with E-state index in [2.05, 4.69) is 5.32 Å². The molecule has 0 saturated heterocycles. The molecule has 0 spiro atoms. The zero-order valence-electron chi connectivity index (χ0n) is 19.5. The smallest absolute Gasteiger partial charge is 0.408 e. The Morgan fingerprint density at radius 3 is 2.14 bits per heavy atom. The number of aliphatic hydroxyl groups is 1. The molecule has 2 atom stereocenters. The molecule has 3 aromatic carbocycles. The summed E-state index contributed by atoms with van der Waals surface area (Å²) in [6, 6.07) is 20.4. The van der Waals surface area contributed by atoms with E-state index in [0.29, 0.717) is 5.56 Å². The predicted octanol–water partition coefficient (Wildman–Crippen LogP) is 4.07. The van der Waals surface area contributed by atoms with Crippen LogP contribution in [0.5, 0.6) is 5.75 Å². The van der Waals surface area contributed by atoms with E-state index in [4.69, 9.17) is 14.2 Å². The normalized spacial score (nSPS) is 12.2. The number of aliphatic hydroxyl groups excluding tert-OH is 1. The summed E-state index contributed by atoms with van der Waals surface area (Å²) >= 11 is 0. The maximum Gasteiger partial charge on any atom is 0.408 e. The van der Waals surface area contributed by atoms with Gasteiger partial charge in [-0.2, -0.15) is 0 Å². The van der Waals surface area contributed by atoms with Crippen molar-refractivity contribution in [2.75, 3.05) is 6.61 Å². The minimum absolute atomic E-state index is 0.0383. The molecule has 188 valence electrons. The number of esters is 1. The highest BCUT2D eigenvalue weighted by molar-refractivity contribution is 5.78. The number of ether oxygens (including phenoxy) is 3. The highest BCUT2D eigenvalue weighted by Crippen LogP contribution is 2.32. The van der Waals surface area contributed by atoms with Gasteiger partial charge in [0.25, 0.3) is 5.69 Å². The Morgan fingerprint density at radius 2 is 1.56 bits per heavy atom. The largest absolute Gasteiger partial charge is 0.489 e. The van der Waals surface area contributed by atoms with Gasteiger partial charge in [0.2, 0.25) is 0 Å². The van der Waals surface area contributed by atoms with Gasteiger partial charge >= 0.3 is 12.1 Å². The number of hydrogen-bond acceptors (Lipinski definition) is 8. The molecule has 0 aliphatic heterocycles. The molecule has 2 N–H and O–H groups in total. The van der Waals surface area contributed by atoms with E-state index in [1.54, 1.807) is 37.3 Å². The fourth-order valence-electron chi connectivity index (χ4n) is 3.36. The van der Waals surface area contributed by atoms with Crippen molar-refractivity contribution in [2.24, 2.45) is 0 Å². The van der Waals surface area contributed by atoms with Crippen LogP contribution in [0.25, 0.3) is 0 Å². The number of amides is 1. The summed E-state index contributed by atoms with van der Waals surface area (Å²) in [6.07, 6.45) is -2.94. The first-order valence-corrected chi connectivity index (χ1v) is 11.2. The molecule has 36 heavy (non-hydrogen) atoms. The molecule has 0 saturated carbocycles. The van der Waals surface area contributed by atoms with Gasteiger partial charge in [0, 0.05) is 6.07 Å². The summed E-state index contributed by atoms with van der Waals surface area (Å²) in [5.74, 6) is -0.823. The summed E-state index contributed by atoms with van der Waals surface area (Å²) in [5, 5.41) is 24.8. The van der Waals surface area contributed by atoms with Crippen molar-refractivity contribution in [1.29, 1.82) is 0 Å². The summed E-state index contributed by atoms with van der Waals surface area (Å²) in [5.41, 5.74) is 0.988. The average molecular weight is 495 g/mol. The van der Waals surface area contributed by atoms with Crippen molar-refractivity contribution in [1.82, 2.24) is 5.32 Å². The molecule has 0 aliphatic rings. The predicted molar refractivity (Wildman–Crippen MR) is 129 cm³/mol. The molecule has 1 amide bonds. The zero-order chi connectivity index (χ0) is 25.9. The van der Waals surface area contributed by atoms with Crippen molar-refractivity contribution in [2.45, 2.75) is 32.3 Å². The highest BCUT2D eigenvalue weighted by Gasteiger charge is 2.35. The lowest BCUT2D eigenvalue weighted by Crippen LogP contribution is -2.41. The number of alkyl carbamates (subject to hydrolysis) is 1. The first-order chi connectivity index (χ1) is 17.4. The second kappa shape index (κ2) is 12.9. The van der Waals surface area contributed by atoms with Gasteiger partial charge in [0.1, 0.15) is 25.0 Å². The van der Waals surface area contributed by atoms with Crippen LogP contribution in [-0.4, -0.2) is 34.8 Å². The van der Waals surface area contributed by atoms with Gasteiger partial charge in [0.05, 0.1) is 17.1 Å². The molecule has 3 aromatic rings. The third-order valence-electron chi connectivity index (χ3n) is 5.11. The maximum absolute atomic E-state index is 12.6. The number of nitro benzene ring substituents is 1. The lowest BCUT2D eigenvalue weighted by atomic mass is 9.99. The summed E-state index contributed by atoms with van der Waals surface area (Å²) in [4.78, 5) is 36.0. The summed E-state index contributed by atoms with van der Waals surface area (Å²) in [7, 11) is 0. The van der Waals surface area contributed by atoms with Crippen LogP contribution >= 0.6 is 0 Å². The number of rotatable bonds is 11. The van der Waals surface area contributed by atoms with Gasteiger partial charge < -0.3 is 24.6 Å². The van der Waals surface area contributed by atoms with Gasteiger partial charge in [-0.05, 0) is 30.2 Å². The second-order valence-electron chi connectivity index (χ2n) is 7.63. The molecule has 0 fully saturated rings. The molecule has 0 aliphatic carbocycles. The fourth-order valence-corrected chi connectivity index (χ4v) is 3.36. The van der Waals surface area contributed by atoms with E-state index >= 15 is 0 Å². The molecule has 0 unspecified atom stereocenters. The van der Waals surface area contributed by atoms with Gasteiger partial charge in [0.15, 0.2) is 6.10 Å². The number of nitrogens with one attached hydrogen (secondary N) is 1. The lowest BCUT2D eigenvalue weighted by molar-refractivity contribution is -0.385. The van der Waals surface area contributed by atoms with Gasteiger partial charge in [-0.3, -0.25) is 10.1 Å². The molecule has 0 bridgehead atoms. The Morgan fingerprint density at radius 1 is 0.944 bits per heavy atom. The van der Waals surface area contributed by atoms with Crippen LogP contribution in [0, 0.1) is 10.1 Å². The number of nitro groups is 1. The van der Waals surface area contributed by atoms with Crippen molar-refractivity contribution < 1.29 is 33.8 Å². The van der Waals surface area contributed by atoms with Crippen LogP contribution in [0.2, 0.25) is 0 Å². The summed E-state index contributed by atoms with van der Waals surface area (Å²) in [6.45, 7) is 1.60. The number of carbonyl (C=O) groups is 2. The van der Waals surface area contributed by atoms with Crippen molar-refractivity contribution in [3.63, 3.8) is 0 Å². The monoisotopic (exact) mass is 494 g/mol. The number of benzene rings is 3. The molecule has 0 aromatic heterocycles. The van der Waals surface area contributed by atoms with Crippen LogP contribution in [0.3, 0.4) is 0 Å². The Kier molecular flexibility index (Phi) is 9.35. The average Bonchev–Trinajstić information content (AvgIpc) is 2.90. The number of hydrogen-bond donors (Lipinski definition) is 2. The van der Waals surface area contributed by atoms with Crippen LogP contribution in [0.1, 0.15) is 29.7 Å². The number of nitrogens with zero attached hydrogens (tertiary/aromatic N) is 1. The first kappa shape index (κ1) is 26.2. The van der Waals surface area contributed by atoms with Gasteiger partial charge in [-0.15, -0.1) is 0 Å².